The number of rotatable bonds is 5. The lowest BCUT2D eigenvalue weighted by atomic mass is 10.1. The van der Waals surface area contributed by atoms with Crippen molar-refractivity contribution >= 4 is 5.91 Å². The Hall–Kier alpha value is -3.02. The van der Waals surface area contributed by atoms with Crippen LogP contribution in [0, 0.1) is 0 Å². The van der Waals surface area contributed by atoms with Crippen LogP contribution in [0.25, 0.3) is 11.4 Å². The number of hydrogen-bond donors (Lipinski definition) is 0. The van der Waals surface area contributed by atoms with Crippen molar-refractivity contribution in [2.75, 3.05) is 13.1 Å². The zero-order chi connectivity index (χ0) is 17.1. The van der Waals surface area contributed by atoms with Gasteiger partial charge in [0.1, 0.15) is 0 Å². The van der Waals surface area contributed by atoms with Gasteiger partial charge >= 0.3 is 0 Å². The second-order valence-corrected chi connectivity index (χ2v) is 6.17. The molecule has 1 fully saturated rings. The Morgan fingerprint density at radius 1 is 1.12 bits per heavy atom. The molecule has 1 atom stereocenters. The molecule has 2 aromatic heterocycles. The number of amides is 1. The first-order valence-electron chi connectivity index (χ1n) is 8.35. The van der Waals surface area contributed by atoms with Crippen molar-refractivity contribution in [2.45, 2.75) is 18.8 Å². The molecule has 3 heterocycles. The van der Waals surface area contributed by atoms with E-state index in [1.165, 1.54) is 5.56 Å². The highest BCUT2D eigenvalue weighted by Gasteiger charge is 2.34. The van der Waals surface area contributed by atoms with Crippen molar-refractivity contribution in [1.29, 1.82) is 0 Å². The summed E-state index contributed by atoms with van der Waals surface area (Å²) >= 11 is 0. The van der Waals surface area contributed by atoms with Gasteiger partial charge in [0.2, 0.25) is 17.6 Å². The second kappa shape index (κ2) is 6.84. The minimum absolute atomic E-state index is 0.0358. The van der Waals surface area contributed by atoms with E-state index >= 15 is 0 Å². The Morgan fingerprint density at radius 2 is 1.92 bits per heavy atom. The summed E-state index contributed by atoms with van der Waals surface area (Å²) in [6.07, 6.45) is 4.66. The zero-order valence-electron chi connectivity index (χ0n) is 13.7. The summed E-state index contributed by atoms with van der Waals surface area (Å²) < 4.78 is 5.40. The first-order chi connectivity index (χ1) is 12.3. The van der Waals surface area contributed by atoms with Crippen LogP contribution in [0.1, 0.15) is 23.8 Å². The molecule has 25 heavy (non-hydrogen) atoms. The molecule has 0 spiro atoms. The first-order valence-corrected chi connectivity index (χ1v) is 8.35. The van der Waals surface area contributed by atoms with E-state index in [1.807, 2.05) is 35.2 Å². The largest absolute Gasteiger partial charge is 0.342 e. The van der Waals surface area contributed by atoms with Gasteiger partial charge in [-0.3, -0.25) is 9.78 Å². The monoisotopic (exact) mass is 334 g/mol. The molecule has 1 amide bonds. The molecule has 1 aliphatic rings. The van der Waals surface area contributed by atoms with Crippen LogP contribution in [0.5, 0.6) is 0 Å². The average molecular weight is 334 g/mol. The van der Waals surface area contributed by atoms with Crippen LogP contribution < -0.4 is 0 Å². The molecule has 0 bridgehead atoms. The van der Waals surface area contributed by atoms with E-state index in [-0.39, 0.29) is 11.8 Å². The Bertz CT molecular complexity index is 848. The highest BCUT2D eigenvalue weighted by atomic mass is 16.5. The van der Waals surface area contributed by atoms with Crippen LogP contribution in [0.2, 0.25) is 0 Å². The molecular formula is C19H18N4O2. The highest BCUT2D eigenvalue weighted by Crippen LogP contribution is 2.28. The van der Waals surface area contributed by atoms with Gasteiger partial charge < -0.3 is 9.42 Å². The summed E-state index contributed by atoms with van der Waals surface area (Å²) in [6.45, 7) is 1.34. The molecule has 1 unspecified atom stereocenters. The standard InChI is InChI=1S/C19H18N4O2/c24-17-12-16(13-23(17)11-8-14-4-2-1-3-5-14)19-21-18(22-25-19)15-6-9-20-10-7-15/h1-7,9-10,16H,8,11-13H2. The van der Waals surface area contributed by atoms with E-state index < -0.39 is 0 Å². The molecule has 3 aromatic rings. The number of carbonyl (C=O) groups excluding carboxylic acids is 1. The van der Waals surface area contributed by atoms with Gasteiger partial charge in [-0.15, -0.1) is 0 Å². The summed E-state index contributed by atoms with van der Waals surface area (Å²) in [5.41, 5.74) is 2.09. The van der Waals surface area contributed by atoms with Crippen molar-refractivity contribution in [3.8, 4) is 11.4 Å². The maximum absolute atomic E-state index is 12.3. The van der Waals surface area contributed by atoms with Gasteiger partial charge in [-0.25, -0.2) is 0 Å². The minimum Gasteiger partial charge on any atom is -0.342 e. The van der Waals surface area contributed by atoms with Gasteiger partial charge in [0.05, 0.1) is 5.92 Å². The van der Waals surface area contributed by atoms with E-state index in [2.05, 4.69) is 27.3 Å². The molecule has 4 rings (SSSR count). The molecule has 0 saturated carbocycles. The van der Waals surface area contributed by atoms with Gasteiger partial charge in [0.25, 0.3) is 0 Å². The van der Waals surface area contributed by atoms with Crippen molar-refractivity contribution < 1.29 is 9.32 Å². The molecule has 126 valence electrons. The Kier molecular flexibility index (Phi) is 4.24. The van der Waals surface area contributed by atoms with E-state index in [0.717, 1.165) is 12.0 Å². The second-order valence-electron chi connectivity index (χ2n) is 6.17. The number of aromatic nitrogens is 3. The van der Waals surface area contributed by atoms with E-state index in [1.54, 1.807) is 12.4 Å². The molecule has 0 aliphatic carbocycles. The van der Waals surface area contributed by atoms with Gasteiger partial charge in [-0.05, 0) is 24.1 Å². The molecule has 1 saturated heterocycles. The van der Waals surface area contributed by atoms with E-state index in [4.69, 9.17) is 4.52 Å². The molecule has 6 nitrogen and oxygen atoms in total. The van der Waals surface area contributed by atoms with Crippen molar-refractivity contribution in [3.05, 3.63) is 66.3 Å². The zero-order valence-corrected chi connectivity index (χ0v) is 13.7. The minimum atomic E-state index is -0.0358. The predicted octanol–water partition coefficient (Wildman–Crippen LogP) is 2.69. The van der Waals surface area contributed by atoms with Crippen molar-refractivity contribution in [1.82, 2.24) is 20.0 Å². The number of likely N-dealkylation sites (tertiary alicyclic amines) is 1. The Balaban J connectivity index is 1.41. The van der Waals surface area contributed by atoms with Crippen LogP contribution >= 0.6 is 0 Å². The lowest BCUT2D eigenvalue weighted by Crippen LogP contribution is -2.27. The van der Waals surface area contributed by atoms with Crippen LogP contribution in [-0.4, -0.2) is 39.0 Å². The number of nitrogens with zero attached hydrogens (tertiary/aromatic N) is 4. The van der Waals surface area contributed by atoms with Crippen LogP contribution in [-0.2, 0) is 11.2 Å². The quantitative estimate of drug-likeness (QED) is 0.717. The molecule has 0 N–H and O–H groups in total. The maximum Gasteiger partial charge on any atom is 0.232 e. The van der Waals surface area contributed by atoms with E-state index in [0.29, 0.717) is 31.2 Å². The average Bonchev–Trinajstić information content (AvgIpc) is 3.29. The molecule has 0 radical (unpaired) electrons. The van der Waals surface area contributed by atoms with Gasteiger partial charge in [0, 0.05) is 37.5 Å². The fourth-order valence-electron chi connectivity index (χ4n) is 3.08. The molecular weight excluding hydrogens is 316 g/mol. The number of benzene rings is 1. The molecule has 1 aliphatic heterocycles. The van der Waals surface area contributed by atoms with Crippen LogP contribution in [0.3, 0.4) is 0 Å². The normalized spacial score (nSPS) is 17.2. The number of carbonyl (C=O) groups is 1. The van der Waals surface area contributed by atoms with Crippen molar-refractivity contribution in [2.24, 2.45) is 0 Å². The summed E-state index contributed by atoms with van der Waals surface area (Å²) in [6, 6.07) is 13.9. The Labute approximate surface area is 145 Å². The SMILES string of the molecule is O=C1CC(c2nc(-c3ccncc3)no2)CN1CCc1ccccc1. The third-order valence-electron chi connectivity index (χ3n) is 4.46. The third kappa shape index (κ3) is 3.42. The molecule has 1 aromatic carbocycles. The fraction of sp³-hybridized carbons (Fsp3) is 0.263. The fourth-order valence-corrected chi connectivity index (χ4v) is 3.08. The summed E-state index contributed by atoms with van der Waals surface area (Å²) in [7, 11) is 0. The smallest absolute Gasteiger partial charge is 0.232 e. The van der Waals surface area contributed by atoms with Crippen molar-refractivity contribution in [3.63, 3.8) is 0 Å². The highest BCUT2D eigenvalue weighted by molar-refractivity contribution is 5.79. The maximum atomic E-state index is 12.3. The van der Waals surface area contributed by atoms with E-state index in [9.17, 15) is 4.79 Å². The Morgan fingerprint density at radius 3 is 2.72 bits per heavy atom. The topological polar surface area (TPSA) is 72.1 Å². The number of hydrogen-bond acceptors (Lipinski definition) is 5. The summed E-state index contributed by atoms with van der Waals surface area (Å²) in [4.78, 5) is 22.6. The number of pyridine rings is 1. The summed E-state index contributed by atoms with van der Waals surface area (Å²) in [5, 5.41) is 4.03. The van der Waals surface area contributed by atoms with Crippen LogP contribution in [0.15, 0.2) is 59.4 Å². The predicted molar refractivity (Wildman–Crippen MR) is 91.6 cm³/mol. The lowest BCUT2D eigenvalue weighted by molar-refractivity contribution is -0.127. The van der Waals surface area contributed by atoms with Gasteiger partial charge in [-0.2, -0.15) is 4.98 Å². The van der Waals surface area contributed by atoms with Gasteiger partial charge in [0.15, 0.2) is 0 Å². The van der Waals surface area contributed by atoms with Crippen LogP contribution in [0.4, 0.5) is 0 Å². The lowest BCUT2D eigenvalue weighted by Gasteiger charge is -2.15. The summed E-state index contributed by atoms with van der Waals surface area (Å²) in [5.74, 6) is 1.17. The molecule has 6 heteroatoms. The van der Waals surface area contributed by atoms with Gasteiger partial charge in [-0.1, -0.05) is 35.5 Å². The first kappa shape index (κ1) is 15.5. The third-order valence-corrected chi connectivity index (χ3v) is 4.46.